The van der Waals surface area contributed by atoms with Crippen LogP contribution < -0.4 is 0 Å². The van der Waals surface area contributed by atoms with Crippen LogP contribution in [0.1, 0.15) is 68.9 Å². The first kappa shape index (κ1) is 20.6. The van der Waals surface area contributed by atoms with Gasteiger partial charge in [-0.3, -0.25) is 14.6 Å². The Kier molecular flexibility index (Phi) is 4.11. The van der Waals surface area contributed by atoms with Crippen LogP contribution in [0.25, 0.3) is 0 Å². The van der Waals surface area contributed by atoms with Gasteiger partial charge >= 0.3 is 0 Å². The number of fused-ring (bicyclic) bond motifs is 1. The molecule has 0 aromatic heterocycles. The maximum Gasteiger partial charge on any atom is 0.240 e. The number of piperidine rings is 1. The quantitative estimate of drug-likeness (QED) is 0.732. The summed E-state index contributed by atoms with van der Waals surface area (Å²) in [4.78, 5) is 21.4. The summed E-state index contributed by atoms with van der Waals surface area (Å²) >= 11 is 0. The Morgan fingerprint density at radius 2 is 1.97 bits per heavy atom. The lowest BCUT2D eigenvalue weighted by atomic mass is 9.43. The molecular formula is C29H39N3O2. The van der Waals surface area contributed by atoms with Gasteiger partial charge in [-0.25, -0.2) is 0 Å². The number of benzene rings is 1. The standard InChI is InChI=1S/C29H39N3O2/c1-30-12-3-6-24(30)27(34)32-17-19-16-28-10-9-23(32)26(19)29(28)11-13-31(20-4-2-5-20)25(28)14-18-7-8-21(33)15-22(18)29/h7-8,15,19-20,23-26,33H,2-6,9-14,16-17H2,1H3/t19-,23?,24-,25?,26?,28?,29?/m1/s1. The predicted octanol–water partition coefficient (Wildman–Crippen LogP) is 3.53. The molecule has 7 atom stereocenters. The highest BCUT2D eigenvalue weighted by atomic mass is 16.3. The molecule has 3 aliphatic heterocycles. The van der Waals surface area contributed by atoms with Gasteiger partial charge < -0.3 is 10.0 Å². The second-order valence-corrected chi connectivity index (χ2v) is 13.0. The van der Waals surface area contributed by atoms with Crippen molar-refractivity contribution in [1.82, 2.24) is 14.7 Å². The van der Waals surface area contributed by atoms with Crippen LogP contribution in [0.3, 0.4) is 0 Å². The average Bonchev–Trinajstić information content (AvgIpc) is 3.41. The first-order chi connectivity index (χ1) is 16.5. The number of rotatable bonds is 2. The van der Waals surface area contributed by atoms with Gasteiger partial charge in [-0.1, -0.05) is 12.5 Å². The number of carbonyl (C=O) groups is 1. The molecule has 5 nitrogen and oxygen atoms in total. The van der Waals surface area contributed by atoms with Gasteiger partial charge in [0.2, 0.25) is 5.91 Å². The fourth-order valence-corrected chi connectivity index (χ4v) is 10.9. The molecule has 182 valence electrons. The Hall–Kier alpha value is -1.59. The van der Waals surface area contributed by atoms with Crippen molar-refractivity contribution in [3.05, 3.63) is 29.3 Å². The summed E-state index contributed by atoms with van der Waals surface area (Å²) in [5, 5.41) is 10.6. The zero-order chi connectivity index (χ0) is 22.8. The lowest BCUT2D eigenvalue weighted by Gasteiger charge is -2.68. The summed E-state index contributed by atoms with van der Waals surface area (Å²) < 4.78 is 0. The third-order valence-corrected chi connectivity index (χ3v) is 12.1. The number of phenolic OH excluding ortho intramolecular Hbond substituents is 1. The smallest absolute Gasteiger partial charge is 0.240 e. The van der Waals surface area contributed by atoms with E-state index in [-0.39, 0.29) is 11.5 Å². The predicted molar refractivity (Wildman–Crippen MR) is 131 cm³/mol. The number of likely N-dealkylation sites (tertiary alicyclic amines) is 3. The Morgan fingerprint density at radius 1 is 1.09 bits per heavy atom. The van der Waals surface area contributed by atoms with Crippen LogP contribution in [0.4, 0.5) is 0 Å². The Labute approximate surface area is 203 Å². The monoisotopic (exact) mass is 461 g/mol. The van der Waals surface area contributed by atoms with Crippen LogP contribution >= 0.6 is 0 Å². The second-order valence-electron chi connectivity index (χ2n) is 13.0. The van der Waals surface area contributed by atoms with Gasteiger partial charge in [0.25, 0.3) is 0 Å². The minimum absolute atomic E-state index is 0.0962. The molecule has 3 heterocycles. The van der Waals surface area contributed by atoms with E-state index in [1.165, 1.54) is 62.6 Å². The van der Waals surface area contributed by atoms with Crippen LogP contribution in [0.15, 0.2) is 18.2 Å². The van der Waals surface area contributed by atoms with E-state index in [2.05, 4.69) is 33.9 Å². The number of hydrogen-bond acceptors (Lipinski definition) is 4. The topological polar surface area (TPSA) is 47.0 Å². The van der Waals surface area contributed by atoms with E-state index in [0.717, 1.165) is 38.4 Å². The highest BCUT2D eigenvalue weighted by Gasteiger charge is 2.76. The minimum Gasteiger partial charge on any atom is -0.508 e. The highest BCUT2D eigenvalue weighted by Crippen LogP contribution is 2.75. The first-order valence-corrected chi connectivity index (χ1v) is 14.1. The molecule has 5 unspecified atom stereocenters. The van der Waals surface area contributed by atoms with Crippen molar-refractivity contribution in [2.24, 2.45) is 17.3 Å². The SMILES string of the molecule is CN1CCC[C@@H]1C(=O)N1C[C@H]2CC34CCC1C2C31CCN(C2CCC2)C4Cc2ccc(O)cc21. The molecule has 34 heavy (non-hydrogen) atoms. The van der Waals surface area contributed by atoms with Crippen LogP contribution in [-0.2, 0) is 16.6 Å². The maximum atomic E-state index is 13.8. The van der Waals surface area contributed by atoms with Crippen molar-refractivity contribution in [3.8, 4) is 5.75 Å². The number of phenols is 1. The van der Waals surface area contributed by atoms with Gasteiger partial charge in [0, 0.05) is 30.1 Å². The maximum absolute atomic E-state index is 13.8. The molecule has 7 aliphatic rings. The molecule has 4 aliphatic carbocycles. The average molecular weight is 462 g/mol. The fraction of sp³-hybridized carbons (Fsp3) is 0.759. The molecular weight excluding hydrogens is 422 g/mol. The van der Waals surface area contributed by atoms with E-state index in [4.69, 9.17) is 0 Å². The third kappa shape index (κ3) is 2.28. The zero-order valence-electron chi connectivity index (χ0n) is 20.6. The normalized spacial score (nSPS) is 45.2. The van der Waals surface area contributed by atoms with Crippen molar-refractivity contribution in [1.29, 1.82) is 0 Å². The summed E-state index contributed by atoms with van der Waals surface area (Å²) in [6, 6.07) is 8.25. The van der Waals surface area contributed by atoms with E-state index in [0.29, 0.717) is 41.0 Å². The van der Waals surface area contributed by atoms with Crippen molar-refractivity contribution in [2.75, 3.05) is 26.7 Å². The molecule has 5 heteroatoms. The molecule has 4 bridgehead atoms. The molecule has 0 spiro atoms. The van der Waals surface area contributed by atoms with Gasteiger partial charge in [-0.15, -0.1) is 0 Å². The van der Waals surface area contributed by atoms with Gasteiger partial charge in [0.15, 0.2) is 0 Å². The molecule has 1 aromatic carbocycles. The third-order valence-electron chi connectivity index (χ3n) is 12.1. The summed E-state index contributed by atoms with van der Waals surface area (Å²) in [7, 11) is 2.14. The van der Waals surface area contributed by atoms with Crippen molar-refractivity contribution in [2.45, 2.75) is 93.8 Å². The molecule has 0 radical (unpaired) electrons. The second kappa shape index (κ2) is 6.79. The number of hydrogen-bond donors (Lipinski definition) is 1. The minimum atomic E-state index is 0.0962. The van der Waals surface area contributed by atoms with Crippen molar-refractivity contribution in [3.63, 3.8) is 0 Å². The fourth-order valence-electron chi connectivity index (χ4n) is 10.9. The van der Waals surface area contributed by atoms with Crippen molar-refractivity contribution >= 4 is 5.91 Å². The van der Waals surface area contributed by atoms with Gasteiger partial charge in [-0.2, -0.15) is 0 Å². The molecule has 1 aromatic rings. The summed E-state index contributed by atoms with van der Waals surface area (Å²) in [5.41, 5.74) is 3.45. The molecule has 6 fully saturated rings. The largest absolute Gasteiger partial charge is 0.508 e. The molecule has 8 rings (SSSR count). The van der Waals surface area contributed by atoms with Crippen LogP contribution in [0.2, 0.25) is 0 Å². The summed E-state index contributed by atoms with van der Waals surface area (Å²) in [5.74, 6) is 2.05. The van der Waals surface area contributed by atoms with Gasteiger partial charge in [0.1, 0.15) is 5.75 Å². The lowest BCUT2D eigenvalue weighted by Crippen LogP contribution is -2.71. The number of likely N-dealkylation sites (N-methyl/N-ethyl adjacent to an activating group) is 1. The number of aromatic hydroxyl groups is 1. The summed E-state index contributed by atoms with van der Waals surface area (Å²) in [6.45, 7) is 3.24. The van der Waals surface area contributed by atoms with Crippen LogP contribution in [0, 0.1) is 17.3 Å². The van der Waals surface area contributed by atoms with Crippen molar-refractivity contribution < 1.29 is 9.90 Å². The molecule has 3 saturated carbocycles. The lowest BCUT2D eigenvalue weighted by molar-refractivity contribution is -0.147. The first-order valence-electron chi connectivity index (χ1n) is 14.1. The molecule has 1 amide bonds. The van der Waals surface area contributed by atoms with E-state index in [1.54, 1.807) is 0 Å². The number of amides is 1. The Bertz CT molecular complexity index is 1050. The Balaban J connectivity index is 1.24. The van der Waals surface area contributed by atoms with Gasteiger partial charge in [0.05, 0.1) is 6.04 Å². The Morgan fingerprint density at radius 3 is 2.74 bits per heavy atom. The van der Waals surface area contributed by atoms with E-state index < -0.39 is 0 Å². The van der Waals surface area contributed by atoms with Gasteiger partial charge in [-0.05, 0) is 118 Å². The number of carbonyl (C=O) groups excluding carboxylic acids is 1. The van der Waals surface area contributed by atoms with E-state index >= 15 is 0 Å². The molecule has 1 N–H and O–H groups in total. The van der Waals surface area contributed by atoms with E-state index in [1.807, 2.05) is 6.07 Å². The summed E-state index contributed by atoms with van der Waals surface area (Å²) in [6.07, 6.45) is 12.5. The number of nitrogens with zero attached hydrogens (tertiary/aromatic N) is 3. The molecule has 3 saturated heterocycles. The van der Waals surface area contributed by atoms with Crippen LogP contribution in [0.5, 0.6) is 5.75 Å². The van der Waals surface area contributed by atoms with Crippen LogP contribution in [-0.4, -0.2) is 76.6 Å². The zero-order valence-corrected chi connectivity index (χ0v) is 20.6. The van der Waals surface area contributed by atoms with E-state index in [9.17, 15) is 9.90 Å². The highest BCUT2D eigenvalue weighted by molar-refractivity contribution is 5.83.